The normalized spacial score (nSPS) is 14.7. The van der Waals surface area contributed by atoms with Crippen molar-refractivity contribution in [1.82, 2.24) is 24.7 Å². The van der Waals surface area contributed by atoms with Gasteiger partial charge in [-0.2, -0.15) is 5.26 Å². The van der Waals surface area contributed by atoms with Gasteiger partial charge >= 0.3 is 0 Å². The van der Waals surface area contributed by atoms with Crippen LogP contribution in [0.1, 0.15) is 44.3 Å². The van der Waals surface area contributed by atoms with E-state index in [1.165, 1.54) is 32.1 Å². The third-order valence-corrected chi connectivity index (χ3v) is 7.09. The van der Waals surface area contributed by atoms with Crippen molar-refractivity contribution < 1.29 is 8.42 Å². The Hall–Kier alpha value is -3.22. The summed E-state index contributed by atoms with van der Waals surface area (Å²) in [6.07, 6.45) is 11.0. The predicted molar refractivity (Wildman–Crippen MR) is 123 cm³/mol. The standard InChI is InChI=1S/C15H13N5O2S.C8H13N/c21-23(22,10-4-2-1-3-5-10)18-9-13-19-12-8-17-15-11(6-7-16-15)14(12)20-13;9-7-6-8-4-2-1-3-5-8/h1-8,18H,9H2,(H,16,17)(H,19,20);8H,1-6H2. The maximum absolute atomic E-state index is 12.2. The minimum absolute atomic E-state index is 0.0812. The van der Waals surface area contributed by atoms with Gasteiger partial charge in [0.25, 0.3) is 0 Å². The Balaban J connectivity index is 0.000000230. The minimum atomic E-state index is -3.56. The number of rotatable bonds is 5. The zero-order chi connectivity index (χ0) is 22.4. The van der Waals surface area contributed by atoms with Crippen LogP contribution in [0.15, 0.2) is 53.7 Å². The number of nitrogens with zero attached hydrogens (tertiary/aromatic N) is 3. The predicted octanol–water partition coefficient (Wildman–Crippen LogP) is 4.40. The van der Waals surface area contributed by atoms with Gasteiger partial charge in [-0.1, -0.05) is 37.5 Å². The lowest BCUT2D eigenvalue weighted by Crippen LogP contribution is -2.23. The van der Waals surface area contributed by atoms with Gasteiger partial charge in [-0.05, 0) is 37.0 Å². The smallest absolute Gasteiger partial charge is 0.240 e. The monoisotopic (exact) mass is 450 g/mol. The van der Waals surface area contributed by atoms with Crippen molar-refractivity contribution in [1.29, 1.82) is 5.26 Å². The van der Waals surface area contributed by atoms with E-state index in [2.05, 4.69) is 30.7 Å². The molecule has 32 heavy (non-hydrogen) atoms. The molecular formula is C23H26N6O2S. The van der Waals surface area contributed by atoms with Crippen molar-refractivity contribution in [2.45, 2.75) is 50.0 Å². The Kier molecular flexibility index (Phi) is 6.83. The molecule has 1 aliphatic rings. The molecule has 1 fully saturated rings. The van der Waals surface area contributed by atoms with Crippen molar-refractivity contribution in [3.63, 3.8) is 0 Å². The number of nitriles is 1. The molecule has 9 heteroatoms. The van der Waals surface area contributed by atoms with Crippen molar-refractivity contribution in [3.8, 4) is 6.07 Å². The van der Waals surface area contributed by atoms with E-state index in [0.717, 1.165) is 34.4 Å². The van der Waals surface area contributed by atoms with Crippen LogP contribution in [0.4, 0.5) is 0 Å². The highest BCUT2D eigenvalue weighted by molar-refractivity contribution is 7.89. The van der Waals surface area contributed by atoms with Crippen molar-refractivity contribution in [3.05, 3.63) is 54.6 Å². The van der Waals surface area contributed by atoms with Gasteiger partial charge in [-0.15, -0.1) is 0 Å². The second kappa shape index (κ2) is 9.94. The van der Waals surface area contributed by atoms with Crippen LogP contribution in [-0.2, 0) is 16.6 Å². The molecule has 0 saturated heterocycles. The zero-order valence-corrected chi connectivity index (χ0v) is 18.5. The number of hydrogen-bond acceptors (Lipinski definition) is 5. The molecule has 3 N–H and O–H groups in total. The van der Waals surface area contributed by atoms with Gasteiger partial charge in [-0.25, -0.2) is 23.1 Å². The molecule has 0 atom stereocenters. The quantitative estimate of drug-likeness (QED) is 0.415. The second-order valence-corrected chi connectivity index (χ2v) is 9.71. The fourth-order valence-electron chi connectivity index (χ4n) is 3.97. The fraction of sp³-hybridized carbons (Fsp3) is 0.348. The van der Waals surface area contributed by atoms with Crippen LogP contribution in [0, 0.1) is 17.2 Å². The van der Waals surface area contributed by atoms with E-state index < -0.39 is 10.0 Å². The van der Waals surface area contributed by atoms with Gasteiger partial charge in [-0.3, -0.25) is 0 Å². The maximum Gasteiger partial charge on any atom is 0.240 e. The van der Waals surface area contributed by atoms with E-state index in [1.807, 2.05) is 6.07 Å². The molecule has 8 nitrogen and oxygen atoms in total. The van der Waals surface area contributed by atoms with Crippen LogP contribution in [0.25, 0.3) is 22.1 Å². The average molecular weight is 451 g/mol. The number of pyridine rings is 1. The van der Waals surface area contributed by atoms with Crippen molar-refractivity contribution in [2.24, 2.45) is 5.92 Å². The topological polar surface area (TPSA) is 127 Å². The van der Waals surface area contributed by atoms with E-state index in [4.69, 9.17) is 5.26 Å². The molecule has 5 rings (SSSR count). The SMILES string of the molecule is N#CCC1CCCCC1.O=S(=O)(NCc1nc2c(cnc3[nH]ccc32)[nH]1)c1ccccc1. The Labute approximate surface area is 187 Å². The Morgan fingerprint density at radius 3 is 2.66 bits per heavy atom. The first-order chi connectivity index (χ1) is 15.6. The summed E-state index contributed by atoms with van der Waals surface area (Å²) in [4.78, 5) is 15.1. The van der Waals surface area contributed by atoms with Crippen LogP contribution in [-0.4, -0.2) is 28.4 Å². The van der Waals surface area contributed by atoms with E-state index >= 15 is 0 Å². The summed E-state index contributed by atoms with van der Waals surface area (Å²) in [5.74, 6) is 1.28. The molecule has 0 amide bonds. The second-order valence-electron chi connectivity index (χ2n) is 7.95. The highest BCUT2D eigenvalue weighted by atomic mass is 32.2. The van der Waals surface area contributed by atoms with Gasteiger partial charge in [0.1, 0.15) is 17.0 Å². The van der Waals surface area contributed by atoms with E-state index in [1.54, 1.807) is 42.7 Å². The summed E-state index contributed by atoms with van der Waals surface area (Å²) in [7, 11) is -3.56. The number of hydrogen-bond donors (Lipinski definition) is 3. The molecule has 0 bridgehead atoms. The lowest BCUT2D eigenvalue weighted by Gasteiger charge is -2.17. The molecule has 1 saturated carbocycles. The van der Waals surface area contributed by atoms with Gasteiger partial charge in [0.15, 0.2) is 0 Å². The summed E-state index contributed by atoms with van der Waals surface area (Å²) in [6, 6.07) is 12.4. The number of nitrogens with one attached hydrogen (secondary N) is 3. The molecule has 0 unspecified atom stereocenters. The van der Waals surface area contributed by atoms with Crippen LogP contribution in [0.5, 0.6) is 0 Å². The van der Waals surface area contributed by atoms with E-state index in [0.29, 0.717) is 5.82 Å². The molecule has 166 valence electrons. The molecular weight excluding hydrogens is 424 g/mol. The third kappa shape index (κ3) is 5.15. The molecule has 0 spiro atoms. The van der Waals surface area contributed by atoms with Crippen LogP contribution < -0.4 is 4.72 Å². The summed E-state index contributed by atoms with van der Waals surface area (Å²) in [6.45, 7) is 0.0812. The highest BCUT2D eigenvalue weighted by Crippen LogP contribution is 2.25. The molecule has 3 heterocycles. The molecule has 1 aromatic carbocycles. The summed E-state index contributed by atoms with van der Waals surface area (Å²) in [5, 5.41) is 9.27. The number of H-pyrrole nitrogens is 2. The average Bonchev–Trinajstić information content (AvgIpc) is 3.46. The van der Waals surface area contributed by atoms with Crippen molar-refractivity contribution in [2.75, 3.05) is 0 Å². The number of fused-ring (bicyclic) bond motifs is 3. The highest BCUT2D eigenvalue weighted by Gasteiger charge is 2.15. The Morgan fingerprint density at radius 2 is 1.91 bits per heavy atom. The fourth-order valence-corrected chi connectivity index (χ4v) is 4.98. The largest absolute Gasteiger partial charge is 0.346 e. The number of sulfonamides is 1. The van der Waals surface area contributed by atoms with Crippen LogP contribution in [0.2, 0.25) is 0 Å². The van der Waals surface area contributed by atoms with Gasteiger partial charge < -0.3 is 9.97 Å². The number of imidazole rings is 1. The zero-order valence-electron chi connectivity index (χ0n) is 17.7. The first-order valence-electron chi connectivity index (χ1n) is 10.8. The Bertz CT molecular complexity index is 1320. The first kappa shape index (κ1) is 22.0. The van der Waals surface area contributed by atoms with Crippen LogP contribution >= 0.6 is 0 Å². The molecule has 1 aliphatic carbocycles. The lowest BCUT2D eigenvalue weighted by atomic mass is 9.87. The van der Waals surface area contributed by atoms with E-state index in [-0.39, 0.29) is 11.4 Å². The number of aromatic amines is 2. The number of benzene rings is 1. The third-order valence-electron chi connectivity index (χ3n) is 5.67. The van der Waals surface area contributed by atoms with Gasteiger partial charge in [0, 0.05) is 18.0 Å². The summed E-state index contributed by atoms with van der Waals surface area (Å²) in [5.41, 5.74) is 2.29. The van der Waals surface area contributed by atoms with Crippen molar-refractivity contribution >= 4 is 32.1 Å². The lowest BCUT2D eigenvalue weighted by molar-refractivity contribution is 0.364. The molecule has 0 radical (unpaired) electrons. The molecule has 4 aromatic rings. The van der Waals surface area contributed by atoms with Gasteiger partial charge in [0.2, 0.25) is 10.0 Å². The summed E-state index contributed by atoms with van der Waals surface area (Å²) >= 11 is 0. The maximum atomic E-state index is 12.2. The first-order valence-corrected chi connectivity index (χ1v) is 12.3. The van der Waals surface area contributed by atoms with Crippen LogP contribution in [0.3, 0.4) is 0 Å². The minimum Gasteiger partial charge on any atom is -0.346 e. The number of aromatic nitrogens is 4. The summed E-state index contributed by atoms with van der Waals surface area (Å²) < 4.78 is 27.0. The van der Waals surface area contributed by atoms with Gasteiger partial charge in [0.05, 0.1) is 29.2 Å². The Morgan fingerprint density at radius 1 is 1.12 bits per heavy atom. The molecule has 0 aliphatic heterocycles. The molecule has 3 aromatic heterocycles. The van der Waals surface area contributed by atoms with E-state index in [9.17, 15) is 8.42 Å².